The number of Topliss-reactive ketones (excluding diaryl/α,β-unsaturated/α-hetero) is 2. The third kappa shape index (κ3) is 3.01. The molecule has 0 spiro atoms. The molecule has 0 saturated carbocycles. The minimum absolute atomic E-state index is 0.0313. The van der Waals surface area contributed by atoms with E-state index in [-0.39, 0.29) is 28.5 Å². The molecule has 1 aromatic rings. The largest absolute Gasteiger partial charge is 0.461 e. The fraction of sp³-hybridized carbons (Fsp3) is 0.389. The molecule has 116 valence electrons. The standard InChI is InChI=1S/C18H20O4/c1-11-14(20)7-9-18(3,4)16(11)15(21)6-5-13-8-10-22-17(13)12(2)19/h5-6,8,10H,7,9H2,1-4H3/b6-5+. The van der Waals surface area contributed by atoms with Crippen molar-refractivity contribution in [1.29, 1.82) is 0 Å². The maximum Gasteiger partial charge on any atom is 0.195 e. The van der Waals surface area contributed by atoms with Gasteiger partial charge in [0.15, 0.2) is 23.1 Å². The molecule has 0 aromatic carbocycles. The Morgan fingerprint density at radius 3 is 2.64 bits per heavy atom. The molecule has 0 N–H and O–H groups in total. The first-order chi connectivity index (χ1) is 10.2. The highest BCUT2D eigenvalue weighted by atomic mass is 16.3. The molecule has 1 heterocycles. The van der Waals surface area contributed by atoms with E-state index < -0.39 is 0 Å². The number of ketones is 3. The van der Waals surface area contributed by atoms with E-state index in [1.54, 1.807) is 19.1 Å². The van der Waals surface area contributed by atoms with Gasteiger partial charge >= 0.3 is 0 Å². The summed E-state index contributed by atoms with van der Waals surface area (Å²) >= 11 is 0. The lowest BCUT2D eigenvalue weighted by Crippen LogP contribution is -2.29. The summed E-state index contributed by atoms with van der Waals surface area (Å²) < 4.78 is 5.10. The molecule has 0 radical (unpaired) electrons. The first kappa shape index (κ1) is 16.1. The van der Waals surface area contributed by atoms with Gasteiger partial charge in [-0.2, -0.15) is 0 Å². The van der Waals surface area contributed by atoms with E-state index in [1.807, 2.05) is 13.8 Å². The number of rotatable bonds is 4. The van der Waals surface area contributed by atoms with Crippen LogP contribution in [0, 0.1) is 5.41 Å². The summed E-state index contributed by atoms with van der Waals surface area (Å²) in [5.41, 5.74) is 1.36. The second-order valence-electron chi connectivity index (χ2n) is 6.27. The molecule has 1 aliphatic carbocycles. The molecule has 4 nitrogen and oxygen atoms in total. The van der Waals surface area contributed by atoms with Gasteiger partial charge in [0.1, 0.15) is 0 Å². The molecule has 0 unspecified atom stereocenters. The summed E-state index contributed by atoms with van der Waals surface area (Å²) in [5.74, 6) is -0.121. The maximum atomic E-state index is 12.5. The number of allylic oxidation sites excluding steroid dienone is 3. The lowest BCUT2D eigenvalue weighted by molar-refractivity contribution is -0.118. The molecule has 1 aliphatic rings. The van der Waals surface area contributed by atoms with E-state index >= 15 is 0 Å². The Kier molecular flexibility index (Phi) is 4.31. The van der Waals surface area contributed by atoms with Gasteiger partial charge in [-0.25, -0.2) is 0 Å². The van der Waals surface area contributed by atoms with E-state index in [2.05, 4.69) is 0 Å². The Labute approximate surface area is 129 Å². The Morgan fingerprint density at radius 2 is 2.00 bits per heavy atom. The minimum Gasteiger partial charge on any atom is -0.461 e. The lowest BCUT2D eigenvalue weighted by Gasteiger charge is -2.32. The molecule has 22 heavy (non-hydrogen) atoms. The summed E-state index contributed by atoms with van der Waals surface area (Å²) in [6.45, 7) is 7.07. The first-order valence-electron chi connectivity index (χ1n) is 7.29. The molecular weight excluding hydrogens is 280 g/mol. The topological polar surface area (TPSA) is 64.3 Å². The van der Waals surface area contributed by atoms with Crippen LogP contribution >= 0.6 is 0 Å². The highest BCUT2D eigenvalue weighted by Gasteiger charge is 2.35. The van der Waals surface area contributed by atoms with Gasteiger partial charge in [0.25, 0.3) is 0 Å². The minimum atomic E-state index is -0.320. The second-order valence-corrected chi connectivity index (χ2v) is 6.27. The van der Waals surface area contributed by atoms with Crippen LogP contribution in [0.4, 0.5) is 0 Å². The summed E-state index contributed by atoms with van der Waals surface area (Å²) in [4.78, 5) is 35.8. The van der Waals surface area contributed by atoms with Crippen LogP contribution in [0.25, 0.3) is 6.08 Å². The number of hydrogen-bond donors (Lipinski definition) is 0. The first-order valence-corrected chi connectivity index (χ1v) is 7.29. The van der Waals surface area contributed by atoms with Crippen molar-refractivity contribution in [1.82, 2.24) is 0 Å². The van der Waals surface area contributed by atoms with Crippen molar-refractivity contribution in [3.05, 3.63) is 40.9 Å². The Bertz CT molecular complexity index is 698. The molecular formula is C18H20O4. The highest BCUT2D eigenvalue weighted by molar-refractivity contribution is 6.14. The average Bonchev–Trinajstić information content (AvgIpc) is 2.89. The average molecular weight is 300 g/mol. The van der Waals surface area contributed by atoms with Crippen LogP contribution in [0.1, 0.15) is 56.7 Å². The molecule has 4 heteroatoms. The third-order valence-corrected chi connectivity index (χ3v) is 4.12. The highest BCUT2D eigenvalue weighted by Crippen LogP contribution is 2.39. The fourth-order valence-electron chi connectivity index (χ4n) is 2.89. The van der Waals surface area contributed by atoms with E-state index in [0.29, 0.717) is 29.6 Å². The van der Waals surface area contributed by atoms with Crippen molar-refractivity contribution >= 4 is 23.4 Å². The monoisotopic (exact) mass is 300 g/mol. The summed E-state index contributed by atoms with van der Waals surface area (Å²) in [6.07, 6.45) is 5.55. The van der Waals surface area contributed by atoms with Gasteiger partial charge < -0.3 is 4.42 Å². The van der Waals surface area contributed by atoms with Gasteiger partial charge in [-0.3, -0.25) is 14.4 Å². The zero-order valence-corrected chi connectivity index (χ0v) is 13.4. The van der Waals surface area contributed by atoms with Gasteiger partial charge in [0.2, 0.25) is 0 Å². The van der Waals surface area contributed by atoms with Gasteiger partial charge in [-0.15, -0.1) is 0 Å². The zero-order valence-electron chi connectivity index (χ0n) is 13.4. The molecule has 0 atom stereocenters. The van der Waals surface area contributed by atoms with Crippen LogP contribution < -0.4 is 0 Å². The fourth-order valence-corrected chi connectivity index (χ4v) is 2.89. The van der Waals surface area contributed by atoms with E-state index in [1.165, 1.54) is 19.3 Å². The van der Waals surface area contributed by atoms with Gasteiger partial charge in [-0.05, 0) is 42.6 Å². The number of carbonyl (C=O) groups excluding carboxylic acids is 3. The van der Waals surface area contributed by atoms with Crippen molar-refractivity contribution in [3.8, 4) is 0 Å². The van der Waals surface area contributed by atoms with Crippen LogP contribution in [-0.4, -0.2) is 17.3 Å². The van der Waals surface area contributed by atoms with Crippen molar-refractivity contribution < 1.29 is 18.8 Å². The molecule has 0 saturated heterocycles. The number of furan rings is 1. The summed E-state index contributed by atoms with van der Waals surface area (Å²) in [6, 6.07) is 1.64. The summed E-state index contributed by atoms with van der Waals surface area (Å²) in [7, 11) is 0. The van der Waals surface area contributed by atoms with Crippen molar-refractivity contribution in [2.24, 2.45) is 5.41 Å². The van der Waals surface area contributed by atoms with Crippen molar-refractivity contribution in [3.63, 3.8) is 0 Å². The molecule has 0 aliphatic heterocycles. The van der Waals surface area contributed by atoms with Crippen LogP contribution in [-0.2, 0) is 9.59 Å². The lowest BCUT2D eigenvalue weighted by atomic mass is 9.70. The third-order valence-electron chi connectivity index (χ3n) is 4.12. The van der Waals surface area contributed by atoms with E-state index in [9.17, 15) is 14.4 Å². The van der Waals surface area contributed by atoms with Crippen molar-refractivity contribution in [2.75, 3.05) is 0 Å². The van der Waals surface area contributed by atoms with E-state index in [0.717, 1.165) is 0 Å². The van der Waals surface area contributed by atoms with Crippen LogP contribution in [0.2, 0.25) is 0 Å². The number of hydrogen-bond acceptors (Lipinski definition) is 4. The molecule has 2 rings (SSSR count). The SMILES string of the molecule is CC(=O)c1occc1/C=C/C(=O)C1=C(C)C(=O)CCC1(C)C. The van der Waals surface area contributed by atoms with Crippen LogP contribution in [0.5, 0.6) is 0 Å². The Balaban J connectivity index is 2.33. The predicted octanol–water partition coefficient (Wildman–Crippen LogP) is 3.77. The smallest absolute Gasteiger partial charge is 0.195 e. The molecule has 0 bridgehead atoms. The van der Waals surface area contributed by atoms with Crippen LogP contribution in [0.15, 0.2) is 34.0 Å². The number of carbonyl (C=O) groups is 3. The van der Waals surface area contributed by atoms with Gasteiger partial charge in [0, 0.05) is 24.5 Å². The molecule has 0 fully saturated rings. The van der Waals surface area contributed by atoms with Gasteiger partial charge in [0.05, 0.1) is 6.26 Å². The van der Waals surface area contributed by atoms with Gasteiger partial charge in [-0.1, -0.05) is 13.8 Å². The molecule has 0 amide bonds. The Hall–Kier alpha value is -2.23. The second kappa shape index (κ2) is 5.87. The molecule has 1 aromatic heterocycles. The summed E-state index contributed by atoms with van der Waals surface area (Å²) in [5, 5.41) is 0. The Morgan fingerprint density at radius 1 is 1.32 bits per heavy atom. The van der Waals surface area contributed by atoms with E-state index in [4.69, 9.17) is 4.42 Å². The maximum absolute atomic E-state index is 12.5. The quantitative estimate of drug-likeness (QED) is 0.627. The predicted molar refractivity (Wildman–Crippen MR) is 83.5 cm³/mol. The van der Waals surface area contributed by atoms with Crippen LogP contribution in [0.3, 0.4) is 0 Å². The normalized spacial score (nSPS) is 18.1. The zero-order chi connectivity index (χ0) is 16.5. The van der Waals surface area contributed by atoms with Crippen molar-refractivity contribution in [2.45, 2.75) is 40.5 Å².